The van der Waals surface area contributed by atoms with Gasteiger partial charge in [-0.2, -0.15) is 0 Å². The molecule has 0 aliphatic carbocycles. The molecule has 136 valence electrons. The number of nitrogens with zero attached hydrogens (tertiary/aromatic N) is 4. The summed E-state index contributed by atoms with van der Waals surface area (Å²) >= 11 is 0. The second kappa shape index (κ2) is 6.86. The summed E-state index contributed by atoms with van der Waals surface area (Å²) in [6, 6.07) is 5.77. The second-order valence-corrected chi connectivity index (χ2v) is 7.54. The Morgan fingerprint density at radius 1 is 1.19 bits per heavy atom. The van der Waals surface area contributed by atoms with Crippen LogP contribution < -0.4 is 5.32 Å². The van der Waals surface area contributed by atoms with E-state index >= 15 is 0 Å². The fraction of sp³-hybridized carbons (Fsp3) is 0.400. The van der Waals surface area contributed by atoms with Crippen molar-refractivity contribution in [3.8, 4) is 0 Å². The smallest absolute Gasteiger partial charge is 0.258 e. The summed E-state index contributed by atoms with van der Waals surface area (Å²) < 4.78 is 2.10. The number of nitrogens with one attached hydrogen (secondary N) is 1. The van der Waals surface area contributed by atoms with Gasteiger partial charge in [-0.25, -0.2) is 15.0 Å². The third-order valence-electron chi connectivity index (χ3n) is 4.29. The summed E-state index contributed by atoms with van der Waals surface area (Å²) in [4.78, 5) is 25.8. The molecule has 0 spiro atoms. The van der Waals surface area contributed by atoms with Gasteiger partial charge in [0.2, 0.25) is 0 Å². The molecular formula is C20H25N5O. The number of hydrogen-bond acceptors (Lipinski definition) is 4. The summed E-state index contributed by atoms with van der Waals surface area (Å²) in [7, 11) is 2.02. The zero-order valence-corrected chi connectivity index (χ0v) is 16.0. The predicted octanol–water partition coefficient (Wildman–Crippen LogP) is 3.87. The molecule has 3 rings (SSSR count). The first-order chi connectivity index (χ1) is 12.3. The Bertz CT molecular complexity index is 935. The molecule has 0 bridgehead atoms. The quantitative estimate of drug-likeness (QED) is 0.774. The summed E-state index contributed by atoms with van der Waals surface area (Å²) in [6.07, 6.45) is 5.12. The largest absolute Gasteiger partial charge is 0.331 e. The molecule has 0 fully saturated rings. The van der Waals surface area contributed by atoms with Crippen LogP contribution in [0.3, 0.4) is 0 Å². The number of benzene rings is 1. The maximum absolute atomic E-state index is 12.5. The summed E-state index contributed by atoms with van der Waals surface area (Å²) in [6.45, 7) is 8.25. The van der Waals surface area contributed by atoms with Crippen molar-refractivity contribution in [2.24, 2.45) is 7.05 Å². The van der Waals surface area contributed by atoms with E-state index in [2.05, 4.69) is 31.8 Å². The molecule has 6 heteroatoms. The Kier molecular flexibility index (Phi) is 4.76. The number of aryl methyl sites for hydroxylation is 2. The van der Waals surface area contributed by atoms with Gasteiger partial charge in [0.1, 0.15) is 11.6 Å². The standard InChI is InChI=1S/C20H25N5O/c1-6-7-17-24-15-10-14(8-9-16(15)25(17)5)23-18(26)13-11-21-19(22-12-13)20(2,3)4/h8-12H,6-7H2,1-5H3,(H,23,26). The first kappa shape index (κ1) is 18.0. The van der Waals surface area contributed by atoms with Crippen LogP contribution in [0.1, 0.15) is 56.1 Å². The van der Waals surface area contributed by atoms with Crippen LogP contribution in [0, 0.1) is 0 Å². The lowest BCUT2D eigenvalue weighted by Crippen LogP contribution is -2.18. The second-order valence-electron chi connectivity index (χ2n) is 7.54. The van der Waals surface area contributed by atoms with Gasteiger partial charge >= 0.3 is 0 Å². The lowest BCUT2D eigenvalue weighted by Gasteiger charge is -2.16. The highest BCUT2D eigenvalue weighted by molar-refractivity contribution is 6.04. The van der Waals surface area contributed by atoms with E-state index < -0.39 is 0 Å². The lowest BCUT2D eigenvalue weighted by molar-refractivity contribution is 0.102. The fourth-order valence-corrected chi connectivity index (χ4v) is 2.81. The molecule has 0 saturated carbocycles. The van der Waals surface area contributed by atoms with Crippen LogP contribution in [0.5, 0.6) is 0 Å². The van der Waals surface area contributed by atoms with Gasteiger partial charge < -0.3 is 9.88 Å². The molecule has 26 heavy (non-hydrogen) atoms. The van der Waals surface area contributed by atoms with E-state index in [0.29, 0.717) is 17.1 Å². The molecule has 0 radical (unpaired) electrons. The number of aromatic nitrogens is 4. The van der Waals surface area contributed by atoms with E-state index in [1.807, 2.05) is 46.0 Å². The zero-order valence-electron chi connectivity index (χ0n) is 16.0. The van der Waals surface area contributed by atoms with Crippen molar-refractivity contribution < 1.29 is 4.79 Å². The molecule has 2 aromatic heterocycles. The first-order valence-electron chi connectivity index (χ1n) is 8.89. The van der Waals surface area contributed by atoms with Crippen LogP contribution in [0.15, 0.2) is 30.6 Å². The molecule has 6 nitrogen and oxygen atoms in total. The Balaban J connectivity index is 1.80. The molecule has 1 aromatic carbocycles. The summed E-state index contributed by atoms with van der Waals surface area (Å²) in [5.41, 5.74) is 2.95. The van der Waals surface area contributed by atoms with Crippen molar-refractivity contribution in [3.63, 3.8) is 0 Å². The van der Waals surface area contributed by atoms with Gasteiger partial charge in [0, 0.05) is 37.0 Å². The third-order valence-corrected chi connectivity index (χ3v) is 4.29. The number of imidazole rings is 1. The van der Waals surface area contributed by atoms with Crippen molar-refractivity contribution in [2.45, 2.75) is 46.0 Å². The SMILES string of the molecule is CCCc1nc2cc(NC(=O)c3cnc(C(C)(C)C)nc3)ccc2n1C. The average Bonchev–Trinajstić information content (AvgIpc) is 2.90. The first-order valence-corrected chi connectivity index (χ1v) is 8.89. The van der Waals surface area contributed by atoms with E-state index in [0.717, 1.165) is 29.7 Å². The minimum atomic E-state index is -0.227. The average molecular weight is 351 g/mol. The van der Waals surface area contributed by atoms with Crippen molar-refractivity contribution in [1.82, 2.24) is 19.5 Å². The molecule has 0 aliphatic heterocycles. The molecule has 0 aliphatic rings. The highest BCUT2D eigenvalue weighted by atomic mass is 16.1. The molecule has 0 saturated heterocycles. The number of fused-ring (bicyclic) bond motifs is 1. The van der Waals surface area contributed by atoms with E-state index in [1.54, 1.807) is 12.4 Å². The van der Waals surface area contributed by atoms with Gasteiger partial charge in [-0.05, 0) is 24.6 Å². The molecular weight excluding hydrogens is 326 g/mol. The highest BCUT2D eigenvalue weighted by Crippen LogP contribution is 2.21. The van der Waals surface area contributed by atoms with Gasteiger partial charge in [0.15, 0.2) is 0 Å². The van der Waals surface area contributed by atoms with Crippen LogP contribution in [0.4, 0.5) is 5.69 Å². The molecule has 1 N–H and O–H groups in total. The minimum Gasteiger partial charge on any atom is -0.331 e. The van der Waals surface area contributed by atoms with E-state index in [9.17, 15) is 4.79 Å². The monoisotopic (exact) mass is 351 g/mol. The van der Waals surface area contributed by atoms with Gasteiger partial charge in [-0.15, -0.1) is 0 Å². The van der Waals surface area contributed by atoms with Crippen molar-refractivity contribution in [1.29, 1.82) is 0 Å². The maximum atomic E-state index is 12.5. The molecule has 2 heterocycles. The molecule has 3 aromatic rings. The third kappa shape index (κ3) is 3.59. The van der Waals surface area contributed by atoms with Gasteiger partial charge in [0.25, 0.3) is 5.91 Å². The van der Waals surface area contributed by atoms with Gasteiger partial charge in [-0.3, -0.25) is 4.79 Å². The van der Waals surface area contributed by atoms with Crippen LogP contribution in [0.2, 0.25) is 0 Å². The van der Waals surface area contributed by atoms with Gasteiger partial charge in [0.05, 0.1) is 16.6 Å². The number of carbonyl (C=O) groups is 1. The fourth-order valence-electron chi connectivity index (χ4n) is 2.81. The predicted molar refractivity (Wildman–Crippen MR) is 103 cm³/mol. The lowest BCUT2D eigenvalue weighted by atomic mass is 9.96. The molecule has 0 unspecified atom stereocenters. The van der Waals surface area contributed by atoms with E-state index in [1.165, 1.54) is 0 Å². The van der Waals surface area contributed by atoms with Crippen molar-refractivity contribution >= 4 is 22.6 Å². The molecule has 1 amide bonds. The Labute approximate surface area is 153 Å². The maximum Gasteiger partial charge on any atom is 0.258 e. The Morgan fingerprint density at radius 3 is 2.50 bits per heavy atom. The minimum absolute atomic E-state index is 0.144. The normalized spacial score (nSPS) is 11.7. The summed E-state index contributed by atoms with van der Waals surface area (Å²) in [5, 5.41) is 2.90. The van der Waals surface area contributed by atoms with Crippen molar-refractivity contribution in [2.75, 3.05) is 5.32 Å². The van der Waals surface area contributed by atoms with Gasteiger partial charge in [-0.1, -0.05) is 27.7 Å². The zero-order chi connectivity index (χ0) is 18.9. The number of amides is 1. The van der Waals surface area contributed by atoms with Crippen LogP contribution in [-0.2, 0) is 18.9 Å². The number of carbonyl (C=O) groups excluding carboxylic acids is 1. The highest BCUT2D eigenvalue weighted by Gasteiger charge is 2.18. The van der Waals surface area contributed by atoms with Crippen molar-refractivity contribution in [3.05, 3.63) is 47.8 Å². The van der Waals surface area contributed by atoms with E-state index in [-0.39, 0.29) is 11.3 Å². The Morgan fingerprint density at radius 2 is 1.88 bits per heavy atom. The summed E-state index contributed by atoms with van der Waals surface area (Å²) in [5.74, 6) is 1.54. The topological polar surface area (TPSA) is 72.7 Å². The number of rotatable bonds is 4. The molecule has 0 atom stereocenters. The van der Waals surface area contributed by atoms with Crippen LogP contribution >= 0.6 is 0 Å². The number of hydrogen-bond donors (Lipinski definition) is 1. The Hall–Kier alpha value is -2.76. The number of anilines is 1. The van der Waals surface area contributed by atoms with Crippen LogP contribution in [-0.4, -0.2) is 25.4 Å². The van der Waals surface area contributed by atoms with Crippen LogP contribution in [0.25, 0.3) is 11.0 Å². The van der Waals surface area contributed by atoms with E-state index in [4.69, 9.17) is 0 Å².